The molecule has 0 N–H and O–H groups in total. The van der Waals surface area contributed by atoms with Crippen LogP contribution in [-0.4, -0.2) is 37.2 Å². The lowest BCUT2D eigenvalue weighted by Crippen LogP contribution is -2.30. The fraction of sp³-hybridized carbons (Fsp3) is 0.901. The molecule has 0 aromatic carbocycles. The summed E-state index contributed by atoms with van der Waals surface area (Å²) in [5.41, 5.74) is 0. The average Bonchev–Trinajstić information content (AvgIpc) is 3.43. The van der Waals surface area contributed by atoms with Gasteiger partial charge in [0.15, 0.2) is 6.10 Å². The summed E-state index contributed by atoms with van der Waals surface area (Å²) >= 11 is 0. The van der Waals surface area contributed by atoms with Gasteiger partial charge in [0.1, 0.15) is 13.2 Å². The molecule has 77 heavy (non-hydrogen) atoms. The highest BCUT2D eigenvalue weighted by molar-refractivity contribution is 5.71. The zero-order valence-corrected chi connectivity index (χ0v) is 52.3. The predicted molar refractivity (Wildman–Crippen MR) is 335 cm³/mol. The zero-order chi connectivity index (χ0) is 55.7. The Bertz CT molecular complexity index is 1240. The van der Waals surface area contributed by atoms with E-state index in [9.17, 15) is 14.4 Å². The highest BCUT2D eigenvalue weighted by Crippen LogP contribution is 2.18. The number of unbranched alkanes of at least 4 members (excludes halogenated alkanes) is 50. The van der Waals surface area contributed by atoms with Crippen molar-refractivity contribution in [2.45, 2.75) is 399 Å². The van der Waals surface area contributed by atoms with Gasteiger partial charge >= 0.3 is 17.9 Å². The van der Waals surface area contributed by atoms with Crippen LogP contribution in [0, 0.1) is 0 Å². The molecule has 1 unspecified atom stereocenters. The summed E-state index contributed by atoms with van der Waals surface area (Å²) in [5, 5.41) is 0. The van der Waals surface area contributed by atoms with Crippen molar-refractivity contribution in [1.82, 2.24) is 0 Å². The third-order valence-corrected chi connectivity index (χ3v) is 15.9. The molecule has 0 aliphatic carbocycles. The van der Waals surface area contributed by atoms with E-state index in [2.05, 4.69) is 45.1 Å². The molecule has 6 heteroatoms. The van der Waals surface area contributed by atoms with E-state index in [-0.39, 0.29) is 31.1 Å². The third-order valence-electron chi connectivity index (χ3n) is 15.9. The van der Waals surface area contributed by atoms with E-state index in [0.29, 0.717) is 19.3 Å². The number of carbonyl (C=O) groups excluding carboxylic acids is 3. The lowest BCUT2D eigenvalue weighted by molar-refractivity contribution is -0.167. The van der Waals surface area contributed by atoms with Crippen molar-refractivity contribution in [2.75, 3.05) is 13.2 Å². The van der Waals surface area contributed by atoms with Crippen molar-refractivity contribution < 1.29 is 28.6 Å². The molecule has 0 amide bonds. The van der Waals surface area contributed by atoms with Gasteiger partial charge < -0.3 is 14.2 Å². The molecule has 1 atom stereocenters. The Morgan fingerprint density at radius 3 is 0.649 bits per heavy atom. The number of rotatable bonds is 65. The van der Waals surface area contributed by atoms with Crippen LogP contribution in [0.5, 0.6) is 0 Å². The van der Waals surface area contributed by atoms with Crippen LogP contribution in [0.4, 0.5) is 0 Å². The number of allylic oxidation sites excluding steroid dienone is 4. The molecule has 0 fully saturated rings. The summed E-state index contributed by atoms with van der Waals surface area (Å²) in [6.45, 7) is 6.70. The highest BCUT2D eigenvalue weighted by Gasteiger charge is 2.19. The summed E-state index contributed by atoms with van der Waals surface area (Å²) in [6.07, 6.45) is 80.6. The minimum Gasteiger partial charge on any atom is -0.462 e. The van der Waals surface area contributed by atoms with Gasteiger partial charge in [0.25, 0.3) is 0 Å². The monoisotopic (exact) mass is 1080 g/mol. The largest absolute Gasteiger partial charge is 0.462 e. The lowest BCUT2D eigenvalue weighted by Gasteiger charge is -2.18. The first-order valence-electron chi connectivity index (χ1n) is 34.8. The first kappa shape index (κ1) is 74.9. The van der Waals surface area contributed by atoms with Gasteiger partial charge in [-0.1, -0.05) is 328 Å². The molecule has 0 aliphatic heterocycles. The molecule has 0 aromatic rings. The summed E-state index contributed by atoms with van der Waals surface area (Å²) in [4.78, 5) is 38.4. The topological polar surface area (TPSA) is 78.9 Å². The van der Waals surface area contributed by atoms with E-state index in [1.165, 1.54) is 289 Å². The molecular formula is C71H134O6. The molecule has 0 spiro atoms. The molecular weight excluding hydrogens is 949 g/mol. The first-order valence-corrected chi connectivity index (χ1v) is 34.8. The summed E-state index contributed by atoms with van der Waals surface area (Å²) in [6, 6.07) is 0. The van der Waals surface area contributed by atoms with E-state index in [4.69, 9.17) is 14.2 Å². The molecule has 454 valence electrons. The number of hydrogen-bond acceptors (Lipinski definition) is 6. The van der Waals surface area contributed by atoms with E-state index in [0.717, 1.165) is 64.2 Å². The second-order valence-corrected chi connectivity index (χ2v) is 23.8. The number of carbonyl (C=O) groups is 3. The maximum absolute atomic E-state index is 12.9. The van der Waals surface area contributed by atoms with Crippen LogP contribution in [0.25, 0.3) is 0 Å². The van der Waals surface area contributed by atoms with E-state index in [1.807, 2.05) is 0 Å². The minimum atomic E-state index is -0.772. The molecule has 0 aromatic heterocycles. The Kier molecular flexibility index (Phi) is 64.6. The first-order chi connectivity index (χ1) is 38.0. The van der Waals surface area contributed by atoms with Crippen molar-refractivity contribution in [2.24, 2.45) is 0 Å². The summed E-state index contributed by atoms with van der Waals surface area (Å²) < 4.78 is 17.0. The van der Waals surface area contributed by atoms with Gasteiger partial charge in [-0.3, -0.25) is 14.4 Å². The van der Waals surface area contributed by atoms with Crippen LogP contribution in [0.15, 0.2) is 24.3 Å². The quantitative estimate of drug-likeness (QED) is 0.0261. The maximum Gasteiger partial charge on any atom is 0.306 e. The standard InChI is InChI=1S/C71H134O6/c1-4-7-10-13-16-19-22-25-28-30-32-34-36-38-39-41-43-46-49-52-55-58-61-64-70(73)76-67-68(66-75-69(72)63-60-57-54-51-48-45-27-24-21-18-15-12-9-6-3)77-71(74)65-62-59-56-53-50-47-44-42-40-37-35-33-31-29-26-23-20-17-14-11-8-5-2/h24,27,30,32,68H,4-23,25-26,28-29,31,33-67H2,1-3H3/b27-24-,32-30-. The van der Waals surface area contributed by atoms with Gasteiger partial charge in [-0.25, -0.2) is 0 Å². The average molecular weight is 1080 g/mol. The van der Waals surface area contributed by atoms with Crippen molar-refractivity contribution in [3.8, 4) is 0 Å². The molecule has 0 saturated carbocycles. The van der Waals surface area contributed by atoms with Crippen molar-refractivity contribution in [1.29, 1.82) is 0 Å². The van der Waals surface area contributed by atoms with Gasteiger partial charge in [0.2, 0.25) is 0 Å². The Balaban J connectivity index is 4.26. The number of hydrogen-bond donors (Lipinski definition) is 0. The number of esters is 3. The Labute approximate surface area is 481 Å². The maximum atomic E-state index is 12.9. The SMILES string of the molecule is CCCCCCC/C=C\CCCCCCCC(=O)OCC(COC(=O)CCCCCCCCCCCCC/C=C\CCCCCCCCCC)OC(=O)CCCCCCCCCCCCCCCCCCCCCCCC. The molecule has 0 aliphatic rings. The Hall–Kier alpha value is -2.11. The summed E-state index contributed by atoms with van der Waals surface area (Å²) in [5.74, 6) is -0.848. The van der Waals surface area contributed by atoms with Crippen LogP contribution < -0.4 is 0 Å². The number of ether oxygens (including phenoxy) is 3. The van der Waals surface area contributed by atoms with Crippen molar-refractivity contribution in [3.63, 3.8) is 0 Å². The molecule has 0 bridgehead atoms. The van der Waals surface area contributed by atoms with Crippen LogP contribution >= 0.6 is 0 Å². The third kappa shape index (κ3) is 64.6. The van der Waals surface area contributed by atoms with Crippen molar-refractivity contribution in [3.05, 3.63) is 24.3 Å². The smallest absolute Gasteiger partial charge is 0.306 e. The van der Waals surface area contributed by atoms with Crippen LogP contribution in [0.2, 0.25) is 0 Å². The van der Waals surface area contributed by atoms with Gasteiger partial charge in [0.05, 0.1) is 0 Å². The fourth-order valence-corrected chi connectivity index (χ4v) is 10.7. The Morgan fingerprint density at radius 1 is 0.247 bits per heavy atom. The molecule has 6 nitrogen and oxygen atoms in total. The highest BCUT2D eigenvalue weighted by atomic mass is 16.6. The minimum absolute atomic E-state index is 0.0689. The molecule has 0 heterocycles. The van der Waals surface area contributed by atoms with E-state index >= 15 is 0 Å². The van der Waals surface area contributed by atoms with Crippen molar-refractivity contribution >= 4 is 17.9 Å². The molecule has 0 rings (SSSR count). The molecule has 0 radical (unpaired) electrons. The van der Waals surface area contributed by atoms with Gasteiger partial charge in [-0.05, 0) is 70.6 Å². The van der Waals surface area contributed by atoms with Gasteiger partial charge in [0, 0.05) is 19.3 Å². The van der Waals surface area contributed by atoms with Gasteiger partial charge in [-0.15, -0.1) is 0 Å². The van der Waals surface area contributed by atoms with Crippen LogP contribution in [0.1, 0.15) is 393 Å². The summed E-state index contributed by atoms with van der Waals surface area (Å²) in [7, 11) is 0. The fourth-order valence-electron chi connectivity index (χ4n) is 10.7. The van der Waals surface area contributed by atoms with E-state index in [1.54, 1.807) is 0 Å². The Morgan fingerprint density at radius 2 is 0.429 bits per heavy atom. The second kappa shape index (κ2) is 66.4. The van der Waals surface area contributed by atoms with Crippen LogP contribution in [0.3, 0.4) is 0 Å². The van der Waals surface area contributed by atoms with Gasteiger partial charge in [-0.2, -0.15) is 0 Å². The lowest BCUT2D eigenvalue weighted by atomic mass is 10.0. The normalized spacial score (nSPS) is 12.1. The zero-order valence-electron chi connectivity index (χ0n) is 52.3. The second-order valence-electron chi connectivity index (χ2n) is 23.8. The van der Waals surface area contributed by atoms with E-state index < -0.39 is 6.10 Å². The molecule has 0 saturated heterocycles. The van der Waals surface area contributed by atoms with Crippen LogP contribution in [-0.2, 0) is 28.6 Å². The predicted octanol–water partition coefficient (Wildman–Crippen LogP) is 23.8.